The molecule has 0 spiro atoms. The number of nitrogens with zero attached hydrogens (tertiary/aromatic N) is 2. The highest BCUT2D eigenvalue weighted by atomic mass is 35.5. The van der Waals surface area contributed by atoms with E-state index in [1.165, 1.54) is 0 Å². The molecule has 7 heteroatoms. The molecule has 88 valence electrons. The molecule has 1 aromatic rings. The first-order valence-electron chi connectivity index (χ1n) is 4.72. The fraction of sp³-hybridized carbons (Fsp3) is 0.444. The third-order valence-electron chi connectivity index (χ3n) is 1.72. The number of halogens is 1. The summed E-state index contributed by atoms with van der Waals surface area (Å²) in [6, 6.07) is 0. The molecule has 0 bridgehead atoms. The van der Waals surface area contributed by atoms with Crippen molar-refractivity contribution in [1.82, 2.24) is 20.6 Å². The lowest BCUT2D eigenvalue weighted by atomic mass is 10.5. The number of thiocarbonyl (C=S) groups is 1. The van der Waals surface area contributed by atoms with Crippen molar-refractivity contribution in [2.24, 2.45) is 0 Å². The van der Waals surface area contributed by atoms with Crippen LogP contribution in [0.15, 0.2) is 12.4 Å². The summed E-state index contributed by atoms with van der Waals surface area (Å²) in [6.07, 6.45) is 3.24. The summed E-state index contributed by atoms with van der Waals surface area (Å²) in [4.78, 5) is 8.12. The fourth-order valence-electron chi connectivity index (χ4n) is 0.941. The van der Waals surface area contributed by atoms with Gasteiger partial charge in [0.15, 0.2) is 10.3 Å². The molecule has 0 atom stereocenters. The summed E-state index contributed by atoms with van der Waals surface area (Å²) in [5, 5.41) is 7.06. The minimum Gasteiger partial charge on any atom is -0.366 e. The van der Waals surface area contributed by atoms with Crippen molar-refractivity contribution < 1.29 is 0 Å². The third kappa shape index (κ3) is 4.96. The van der Waals surface area contributed by atoms with Crippen LogP contribution in [-0.4, -0.2) is 34.4 Å². The first kappa shape index (κ1) is 13.5. The summed E-state index contributed by atoms with van der Waals surface area (Å²) in [6.45, 7) is 0.822. The molecule has 0 amide bonds. The zero-order chi connectivity index (χ0) is 11.8. The van der Waals surface area contributed by atoms with Crippen LogP contribution in [0, 0.1) is 0 Å². The minimum atomic E-state index is 0.480. The molecular formula is C9H13ClN4S2. The molecular weight excluding hydrogens is 264 g/mol. The summed E-state index contributed by atoms with van der Waals surface area (Å²) in [7, 11) is 1.79. The van der Waals surface area contributed by atoms with Crippen LogP contribution < -0.4 is 10.6 Å². The van der Waals surface area contributed by atoms with Gasteiger partial charge < -0.3 is 10.6 Å². The molecule has 4 nitrogen and oxygen atoms in total. The molecule has 0 saturated carbocycles. The van der Waals surface area contributed by atoms with Gasteiger partial charge in [0.1, 0.15) is 0 Å². The van der Waals surface area contributed by atoms with Crippen LogP contribution in [0.2, 0.25) is 5.15 Å². The first-order chi connectivity index (χ1) is 7.74. The molecule has 2 N–H and O–H groups in total. The van der Waals surface area contributed by atoms with Gasteiger partial charge in [-0.15, -0.1) is 0 Å². The second kappa shape index (κ2) is 7.65. The average Bonchev–Trinajstić information content (AvgIpc) is 2.30. The van der Waals surface area contributed by atoms with Crippen LogP contribution in [0.25, 0.3) is 0 Å². The average molecular weight is 277 g/mol. The maximum Gasteiger partial charge on any atom is 0.166 e. The Morgan fingerprint density at radius 1 is 1.50 bits per heavy atom. The van der Waals surface area contributed by atoms with Gasteiger partial charge in [0.25, 0.3) is 0 Å². The Hall–Kier alpha value is -0.590. The van der Waals surface area contributed by atoms with Gasteiger partial charge in [-0.1, -0.05) is 11.6 Å². The van der Waals surface area contributed by atoms with E-state index < -0.39 is 0 Å². The number of hydrogen-bond donors (Lipinski definition) is 2. The van der Waals surface area contributed by atoms with Crippen molar-refractivity contribution >= 4 is 40.7 Å². The van der Waals surface area contributed by atoms with E-state index >= 15 is 0 Å². The highest BCUT2D eigenvalue weighted by Gasteiger charge is 2.01. The maximum absolute atomic E-state index is 5.88. The number of nitrogens with one attached hydrogen (secondary N) is 2. The van der Waals surface area contributed by atoms with E-state index in [1.54, 1.807) is 31.2 Å². The van der Waals surface area contributed by atoms with Crippen LogP contribution in [0.5, 0.6) is 0 Å². The zero-order valence-electron chi connectivity index (χ0n) is 8.86. The molecule has 0 aliphatic carbocycles. The quantitative estimate of drug-likeness (QED) is 0.627. The lowest BCUT2D eigenvalue weighted by Gasteiger charge is -2.06. The largest absolute Gasteiger partial charge is 0.366 e. The van der Waals surface area contributed by atoms with E-state index in [4.69, 9.17) is 23.8 Å². The van der Waals surface area contributed by atoms with Gasteiger partial charge in [-0.25, -0.2) is 4.98 Å². The van der Waals surface area contributed by atoms with Gasteiger partial charge in [-0.3, -0.25) is 4.98 Å². The Labute approximate surface area is 110 Å². The number of hydrogen-bond acceptors (Lipinski definition) is 4. The van der Waals surface area contributed by atoms with E-state index in [9.17, 15) is 0 Å². The zero-order valence-corrected chi connectivity index (χ0v) is 11.3. The lowest BCUT2D eigenvalue weighted by molar-refractivity contribution is 0.942. The predicted octanol–water partition coefficient (Wildman–Crippen LogP) is 1.46. The topological polar surface area (TPSA) is 49.8 Å². The standard InChI is InChI=1S/C9H13ClN4S2/c1-11-9(15)14-4-5-16-6-7-8(10)13-3-2-12-7/h2-3H,4-6H2,1H3,(H2,11,14,15). The number of thioether (sulfide) groups is 1. The normalized spacial score (nSPS) is 9.88. The second-order valence-corrected chi connectivity index (χ2v) is 4.72. The Kier molecular flexibility index (Phi) is 6.44. The lowest BCUT2D eigenvalue weighted by Crippen LogP contribution is -2.33. The molecule has 0 aromatic carbocycles. The van der Waals surface area contributed by atoms with E-state index in [2.05, 4.69) is 20.6 Å². The summed E-state index contributed by atoms with van der Waals surface area (Å²) in [5.41, 5.74) is 0.824. The molecule has 1 rings (SSSR count). The molecule has 1 heterocycles. The molecule has 0 fully saturated rings. The summed E-state index contributed by atoms with van der Waals surface area (Å²) >= 11 is 12.6. The highest BCUT2D eigenvalue weighted by Crippen LogP contribution is 2.15. The predicted molar refractivity (Wildman–Crippen MR) is 72.9 cm³/mol. The van der Waals surface area contributed by atoms with E-state index in [1.807, 2.05) is 0 Å². The second-order valence-electron chi connectivity index (χ2n) is 2.85. The van der Waals surface area contributed by atoms with Crippen molar-refractivity contribution in [2.45, 2.75) is 5.75 Å². The van der Waals surface area contributed by atoms with E-state index in [-0.39, 0.29) is 0 Å². The Balaban J connectivity index is 2.17. The Bertz CT molecular complexity index is 348. The van der Waals surface area contributed by atoms with Crippen LogP contribution in [0.3, 0.4) is 0 Å². The Morgan fingerprint density at radius 3 is 2.94 bits per heavy atom. The molecule has 0 aliphatic heterocycles. The van der Waals surface area contributed by atoms with Gasteiger partial charge in [0.05, 0.1) is 5.69 Å². The SMILES string of the molecule is CNC(=S)NCCSCc1nccnc1Cl. The van der Waals surface area contributed by atoms with Gasteiger partial charge in [0, 0.05) is 37.5 Å². The van der Waals surface area contributed by atoms with Crippen molar-refractivity contribution in [3.05, 3.63) is 23.2 Å². The Morgan fingerprint density at radius 2 is 2.25 bits per heavy atom. The van der Waals surface area contributed by atoms with Crippen molar-refractivity contribution in [2.75, 3.05) is 19.3 Å². The van der Waals surface area contributed by atoms with Gasteiger partial charge >= 0.3 is 0 Å². The monoisotopic (exact) mass is 276 g/mol. The van der Waals surface area contributed by atoms with Gasteiger partial charge in [0.2, 0.25) is 0 Å². The van der Waals surface area contributed by atoms with E-state index in [0.717, 1.165) is 23.7 Å². The molecule has 16 heavy (non-hydrogen) atoms. The molecule has 1 aromatic heterocycles. The fourth-order valence-corrected chi connectivity index (χ4v) is 2.09. The molecule has 0 unspecified atom stereocenters. The molecule has 0 radical (unpaired) electrons. The molecule has 0 saturated heterocycles. The van der Waals surface area contributed by atoms with Crippen LogP contribution in [-0.2, 0) is 5.75 Å². The smallest absolute Gasteiger partial charge is 0.166 e. The number of rotatable bonds is 5. The van der Waals surface area contributed by atoms with Crippen molar-refractivity contribution in [1.29, 1.82) is 0 Å². The molecule has 0 aliphatic rings. The first-order valence-corrected chi connectivity index (χ1v) is 6.67. The summed E-state index contributed by atoms with van der Waals surface area (Å²) in [5.74, 6) is 1.70. The highest BCUT2D eigenvalue weighted by molar-refractivity contribution is 7.98. The maximum atomic E-state index is 5.88. The third-order valence-corrected chi connectivity index (χ3v) is 3.36. The van der Waals surface area contributed by atoms with Crippen LogP contribution >= 0.6 is 35.6 Å². The minimum absolute atomic E-state index is 0.480. The summed E-state index contributed by atoms with van der Waals surface area (Å²) < 4.78 is 0. The van der Waals surface area contributed by atoms with E-state index in [0.29, 0.717) is 10.3 Å². The van der Waals surface area contributed by atoms with Crippen molar-refractivity contribution in [3.63, 3.8) is 0 Å². The van der Waals surface area contributed by atoms with Gasteiger partial charge in [-0.05, 0) is 12.2 Å². The van der Waals surface area contributed by atoms with Crippen LogP contribution in [0.1, 0.15) is 5.69 Å². The van der Waals surface area contributed by atoms with Crippen LogP contribution in [0.4, 0.5) is 0 Å². The van der Waals surface area contributed by atoms with Crippen molar-refractivity contribution in [3.8, 4) is 0 Å². The number of aromatic nitrogens is 2. The van der Waals surface area contributed by atoms with Gasteiger partial charge in [-0.2, -0.15) is 11.8 Å².